The molecular formula is C58H89N13O12. The van der Waals surface area contributed by atoms with Crippen molar-refractivity contribution in [3.8, 4) is 5.75 Å². The van der Waals surface area contributed by atoms with Crippen molar-refractivity contribution in [2.75, 3.05) is 13.1 Å². The van der Waals surface area contributed by atoms with Gasteiger partial charge < -0.3 is 79.6 Å². The molecule has 8 amide bonds. The number of likely N-dealkylation sites (tertiary alicyclic amines) is 1. The number of aromatic amines is 1. The number of carbonyl (C=O) groups excluding carboxylic acids is 8. The molecule has 0 radical (unpaired) electrons. The van der Waals surface area contributed by atoms with Crippen LogP contribution in [-0.2, 0) is 56.0 Å². The molecule has 0 spiro atoms. The van der Waals surface area contributed by atoms with Gasteiger partial charge in [-0.05, 0) is 92.0 Å². The Morgan fingerprint density at radius 2 is 1.23 bits per heavy atom. The molecule has 25 nitrogen and oxygen atoms in total. The lowest BCUT2D eigenvalue weighted by molar-refractivity contribution is -0.147. The number of amides is 8. The van der Waals surface area contributed by atoms with E-state index in [4.69, 9.17) is 17.2 Å². The van der Waals surface area contributed by atoms with Crippen LogP contribution in [0.15, 0.2) is 59.7 Å². The van der Waals surface area contributed by atoms with Crippen molar-refractivity contribution in [2.24, 2.45) is 45.9 Å². The minimum atomic E-state index is -1.60. The molecule has 0 saturated carbocycles. The number of rotatable bonds is 32. The zero-order chi connectivity index (χ0) is 61.8. The topological polar surface area (TPSA) is 408 Å². The molecule has 25 heteroatoms. The number of guanidine groups is 1. The lowest BCUT2D eigenvalue weighted by Crippen LogP contribution is -2.63. The first-order valence-electron chi connectivity index (χ1n) is 28.6. The number of aliphatic carboxylic acids is 1. The van der Waals surface area contributed by atoms with Crippen LogP contribution in [0.1, 0.15) is 118 Å². The van der Waals surface area contributed by atoms with Crippen LogP contribution in [-0.4, -0.2) is 158 Å². The number of phenols is 1. The van der Waals surface area contributed by atoms with Crippen molar-refractivity contribution in [3.63, 3.8) is 0 Å². The van der Waals surface area contributed by atoms with Crippen molar-refractivity contribution in [3.05, 3.63) is 65.9 Å². The highest BCUT2D eigenvalue weighted by Crippen LogP contribution is 2.23. The summed E-state index contributed by atoms with van der Waals surface area (Å²) in [6.45, 7) is 15.5. The Hall–Kier alpha value is -7.80. The summed E-state index contributed by atoms with van der Waals surface area (Å²) in [5.41, 5.74) is 19.0. The number of benzene rings is 2. The number of hydrogen-bond donors (Lipinski definition) is 14. The smallest absolute Gasteiger partial charge is 0.326 e. The van der Waals surface area contributed by atoms with Gasteiger partial charge in [0, 0.05) is 43.0 Å². The first-order valence-corrected chi connectivity index (χ1v) is 28.6. The van der Waals surface area contributed by atoms with E-state index >= 15 is 0 Å². The summed E-state index contributed by atoms with van der Waals surface area (Å²) in [6.07, 6.45) is 2.02. The summed E-state index contributed by atoms with van der Waals surface area (Å²) in [4.78, 5) is 134. The molecule has 0 unspecified atom stereocenters. The summed E-state index contributed by atoms with van der Waals surface area (Å²) in [5.74, 6) is -9.21. The number of hydrogen-bond acceptors (Lipinski definition) is 13. The van der Waals surface area contributed by atoms with Crippen LogP contribution in [0.3, 0.4) is 0 Å². The fourth-order valence-corrected chi connectivity index (χ4v) is 9.76. The number of fused-ring (bicyclic) bond motifs is 1. The average Bonchev–Trinajstić information content (AvgIpc) is 4.24. The van der Waals surface area contributed by atoms with Crippen molar-refractivity contribution < 1.29 is 58.5 Å². The second-order valence-corrected chi connectivity index (χ2v) is 22.5. The summed E-state index contributed by atoms with van der Waals surface area (Å²) in [5, 5.41) is 50.7. The van der Waals surface area contributed by atoms with E-state index in [1.165, 1.54) is 24.0 Å². The van der Waals surface area contributed by atoms with E-state index < -0.39 is 131 Å². The summed E-state index contributed by atoms with van der Waals surface area (Å²) >= 11 is 0. The number of carboxylic acid groups (broad SMARTS) is 1. The van der Waals surface area contributed by atoms with Gasteiger partial charge >= 0.3 is 5.97 Å². The quantitative estimate of drug-likeness (QED) is 0.0232. The number of aromatic hydroxyl groups is 1. The van der Waals surface area contributed by atoms with Crippen LogP contribution < -0.4 is 54.4 Å². The van der Waals surface area contributed by atoms with Crippen LogP contribution in [0, 0.1) is 23.7 Å². The molecule has 1 aliphatic rings. The van der Waals surface area contributed by atoms with Gasteiger partial charge in [-0.2, -0.15) is 0 Å². The fourth-order valence-electron chi connectivity index (χ4n) is 9.76. The molecule has 2 heterocycles. The zero-order valence-corrected chi connectivity index (χ0v) is 49.2. The first kappa shape index (κ1) is 67.7. The van der Waals surface area contributed by atoms with Gasteiger partial charge in [-0.3, -0.25) is 43.3 Å². The Labute approximate surface area is 485 Å². The van der Waals surface area contributed by atoms with Gasteiger partial charge in [0.25, 0.3) is 0 Å². The minimum Gasteiger partial charge on any atom is -0.508 e. The molecule has 3 aromatic rings. The predicted molar refractivity (Wildman–Crippen MR) is 312 cm³/mol. The molecule has 1 aromatic heterocycles. The number of para-hydroxylation sites is 1. The third-order valence-electron chi connectivity index (χ3n) is 15.1. The zero-order valence-electron chi connectivity index (χ0n) is 49.2. The van der Waals surface area contributed by atoms with Crippen LogP contribution in [0.2, 0.25) is 0 Å². The first-order chi connectivity index (χ1) is 39.2. The lowest BCUT2D eigenvalue weighted by Gasteiger charge is -2.33. The number of nitrogens with two attached hydrogens (primary N) is 3. The van der Waals surface area contributed by atoms with Gasteiger partial charge in [0.2, 0.25) is 47.3 Å². The Kier molecular flexibility index (Phi) is 26.2. The maximum atomic E-state index is 14.8. The van der Waals surface area contributed by atoms with E-state index in [9.17, 15) is 58.5 Å². The van der Waals surface area contributed by atoms with E-state index in [1.807, 2.05) is 38.1 Å². The van der Waals surface area contributed by atoms with Gasteiger partial charge in [0.15, 0.2) is 5.96 Å². The number of nitrogens with zero attached hydrogens (tertiary/aromatic N) is 2. The van der Waals surface area contributed by atoms with E-state index in [2.05, 4.69) is 47.2 Å². The van der Waals surface area contributed by atoms with Gasteiger partial charge in [-0.15, -0.1) is 0 Å². The van der Waals surface area contributed by atoms with E-state index in [-0.39, 0.29) is 62.8 Å². The number of H-pyrrole nitrogens is 1. The molecule has 1 saturated heterocycles. The number of aromatic nitrogens is 1. The van der Waals surface area contributed by atoms with Crippen molar-refractivity contribution >= 4 is 70.1 Å². The van der Waals surface area contributed by atoms with Crippen molar-refractivity contribution in [2.45, 2.75) is 181 Å². The molecule has 458 valence electrons. The summed E-state index contributed by atoms with van der Waals surface area (Å²) in [7, 11) is 0. The highest BCUT2D eigenvalue weighted by atomic mass is 16.4. The number of carbonyl (C=O) groups is 9. The molecule has 0 bridgehead atoms. The van der Waals surface area contributed by atoms with E-state index in [0.717, 1.165) is 10.9 Å². The molecule has 1 aliphatic heterocycles. The third kappa shape index (κ3) is 20.0. The normalized spacial score (nSPS) is 17.3. The number of phenolic OH excluding ortho intramolecular Hbond substituents is 1. The molecule has 12 atom stereocenters. The second-order valence-electron chi connectivity index (χ2n) is 22.5. The average molecular weight is 1160 g/mol. The molecule has 83 heavy (non-hydrogen) atoms. The van der Waals surface area contributed by atoms with Crippen LogP contribution in [0.25, 0.3) is 10.9 Å². The Morgan fingerprint density at radius 1 is 0.687 bits per heavy atom. The summed E-state index contributed by atoms with van der Waals surface area (Å²) < 4.78 is 0. The van der Waals surface area contributed by atoms with E-state index in [1.54, 1.807) is 59.9 Å². The largest absolute Gasteiger partial charge is 0.508 e. The molecule has 1 fully saturated rings. The highest BCUT2D eigenvalue weighted by molar-refractivity contribution is 5.99. The van der Waals surface area contributed by atoms with Gasteiger partial charge in [-0.1, -0.05) is 98.6 Å². The maximum absolute atomic E-state index is 14.8. The number of aliphatic imine (C=N–C) groups is 1. The molecule has 17 N–H and O–H groups in total. The predicted octanol–water partition coefficient (Wildman–Crippen LogP) is 0.684. The number of aliphatic hydroxyl groups is 1. The SMILES string of the molecule is CC[C@H](C)[C@H](NC(=O)[C@H](Cc1c[nH]c2ccccc12)NC(=O)[C@H](CC(C)C)NC(=O)[C@@H](N)CCCN=C(N)N)C(=O)N[C@@H](Cc1ccc(O)cc1)C(=O)N[C@H](C(=O)N[C@H](C(=O)N1CCC[C@H]1C(=O)N[C@H](C(=O)O)C(C)C)[C@@H](C)O)[C@@H](C)CC. The number of carboxylic acids is 1. The molecule has 2 aromatic carbocycles. The standard InChI is InChI=1S/C58H89N13O12/c1-10-32(7)46(68-52(77)43(28-36-29-63-40-18-13-12-16-38(36)40)65-50(75)41(26-30(3)4)64-49(74)39(59)17-14-24-62-58(60)61)54(79)66-42(27-35-20-22-37(73)23-21-35)51(76)69-47(33(8)11-2)55(80)70-48(34(9)72)56(81)71-25-15-19-44(71)53(78)67-45(31(5)6)57(82)83/h12-13,16,18,20-23,29-34,39,41-48,63,72-73H,10-11,14-15,17,19,24-28,59H2,1-9H3,(H,64,74)(H,65,75)(H,66,79)(H,67,78)(H,68,77)(H,69,76)(H,70,80)(H,82,83)(H4,60,61,62)/t32-,33-,34+,39-,41-,42-,43-,44-,45-,46-,47-,48-/m0/s1. The number of nitrogens with one attached hydrogen (secondary N) is 8. The van der Waals surface area contributed by atoms with Gasteiger partial charge in [0.1, 0.15) is 54.1 Å². The van der Waals surface area contributed by atoms with Crippen LogP contribution in [0.4, 0.5) is 0 Å². The highest BCUT2D eigenvalue weighted by Gasteiger charge is 2.42. The Bertz CT molecular complexity index is 2730. The second kappa shape index (κ2) is 32.2. The Morgan fingerprint density at radius 3 is 1.78 bits per heavy atom. The summed E-state index contributed by atoms with van der Waals surface area (Å²) in [6, 6.07) is 1.73. The fraction of sp³-hybridized carbons (Fsp3) is 0.586. The maximum Gasteiger partial charge on any atom is 0.326 e. The number of aliphatic hydroxyl groups excluding tert-OH is 1. The van der Waals surface area contributed by atoms with Crippen molar-refractivity contribution in [1.82, 2.24) is 47.1 Å². The van der Waals surface area contributed by atoms with Crippen molar-refractivity contribution in [1.29, 1.82) is 0 Å². The molecular weight excluding hydrogens is 1070 g/mol. The van der Waals surface area contributed by atoms with Gasteiger partial charge in [0.05, 0.1) is 12.1 Å². The molecule has 4 rings (SSSR count). The molecule has 0 aliphatic carbocycles. The monoisotopic (exact) mass is 1160 g/mol. The third-order valence-corrected chi connectivity index (χ3v) is 15.1. The van der Waals surface area contributed by atoms with Gasteiger partial charge in [-0.25, -0.2) is 4.79 Å². The minimum absolute atomic E-state index is 0.0605. The Balaban J connectivity index is 1.64. The lowest BCUT2D eigenvalue weighted by atomic mass is 9.95. The van der Waals surface area contributed by atoms with E-state index in [0.29, 0.717) is 36.8 Å². The van der Waals surface area contributed by atoms with Crippen LogP contribution in [0.5, 0.6) is 5.75 Å². The van der Waals surface area contributed by atoms with Crippen LogP contribution >= 0.6 is 0 Å².